The molecule has 0 N–H and O–H groups in total. The third kappa shape index (κ3) is 3.72. The molecule has 1 saturated heterocycles. The first-order chi connectivity index (χ1) is 7.64. The monoisotopic (exact) mass is 241 g/mol. The van der Waals surface area contributed by atoms with Crippen molar-refractivity contribution in [2.24, 2.45) is 5.41 Å². The predicted octanol–water partition coefficient (Wildman–Crippen LogP) is 2.61. The molecule has 17 heavy (non-hydrogen) atoms. The molecule has 0 aromatic rings. The largest absolute Gasteiger partial charge is 0.444 e. The molecular weight excluding hydrogens is 218 g/mol. The number of likely N-dealkylation sites (tertiary alicyclic amines) is 1. The number of rotatable bonds is 1. The van der Waals surface area contributed by atoms with Crippen LogP contribution in [-0.2, 0) is 9.53 Å². The summed E-state index contributed by atoms with van der Waals surface area (Å²) in [6.45, 7) is 10.4. The van der Waals surface area contributed by atoms with Gasteiger partial charge in [0.05, 0.1) is 0 Å². The van der Waals surface area contributed by atoms with Gasteiger partial charge in [0.25, 0.3) is 0 Å². The molecule has 4 heteroatoms. The second-order valence-electron chi connectivity index (χ2n) is 6.08. The summed E-state index contributed by atoms with van der Waals surface area (Å²) in [6.07, 6.45) is 1.17. The van der Waals surface area contributed by atoms with Gasteiger partial charge in [-0.2, -0.15) is 0 Å². The summed E-state index contributed by atoms with van der Waals surface area (Å²) in [5.41, 5.74) is -0.725. The lowest BCUT2D eigenvalue weighted by molar-refractivity contribution is -0.128. The zero-order chi connectivity index (χ0) is 13.3. The highest BCUT2D eigenvalue weighted by molar-refractivity contribution is 5.82. The number of piperidine rings is 1. The van der Waals surface area contributed by atoms with Gasteiger partial charge in [0.2, 0.25) is 0 Å². The second-order valence-corrected chi connectivity index (χ2v) is 6.08. The van der Waals surface area contributed by atoms with Gasteiger partial charge in [-0.05, 0) is 40.5 Å². The summed E-state index contributed by atoms with van der Waals surface area (Å²) in [4.78, 5) is 25.0. The molecule has 0 aromatic carbocycles. The standard InChI is InChI=1S/C13H23NO3/c1-10(15)13(5)6-8-14(9-7-13)11(16)17-12(2,3)4/h6-9H2,1-5H3. The van der Waals surface area contributed by atoms with Crippen molar-refractivity contribution in [3.05, 3.63) is 0 Å². The normalized spacial score (nSPS) is 19.9. The number of ether oxygens (including phenoxy) is 1. The van der Waals surface area contributed by atoms with Crippen LogP contribution in [0.2, 0.25) is 0 Å². The highest BCUT2D eigenvalue weighted by Crippen LogP contribution is 2.32. The van der Waals surface area contributed by atoms with Crippen molar-refractivity contribution in [1.82, 2.24) is 4.90 Å². The molecule has 0 spiro atoms. The minimum absolute atomic E-state index is 0.210. The number of ketones is 1. The van der Waals surface area contributed by atoms with Crippen LogP contribution in [0.25, 0.3) is 0 Å². The molecular formula is C13H23NO3. The van der Waals surface area contributed by atoms with Gasteiger partial charge in [0, 0.05) is 18.5 Å². The fraction of sp³-hybridized carbons (Fsp3) is 0.846. The number of hydrogen-bond donors (Lipinski definition) is 0. The molecule has 1 aliphatic rings. The van der Waals surface area contributed by atoms with Crippen LogP contribution in [0.5, 0.6) is 0 Å². The first-order valence-corrected chi connectivity index (χ1v) is 6.13. The highest BCUT2D eigenvalue weighted by Gasteiger charge is 2.36. The number of carbonyl (C=O) groups is 2. The molecule has 0 unspecified atom stereocenters. The van der Waals surface area contributed by atoms with Crippen molar-refractivity contribution >= 4 is 11.9 Å². The summed E-state index contributed by atoms with van der Waals surface area (Å²) >= 11 is 0. The Morgan fingerprint density at radius 1 is 1.18 bits per heavy atom. The summed E-state index contributed by atoms with van der Waals surface area (Å²) in [5, 5.41) is 0. The molecule has 1 fully saturated rings. The van der Waals surface area contributed by atoms with E-state index in [0.29, 0.717) is 13.1 Å². The first-order valence-electron chi connectivity index (χ1n) is 6.13. The van der Waals surface area contributed by atoms with Crippen LogP contribution >= 0.6 is 0 Å². The van der Waals surface area contributed by atoms with E-state index in [9.17, 15) is 9.59 Å². The molecule has 1 heterocycles. The molecule has 0 bridgehead atoms. The summed E-state index contributed by atoms with van der Waals surface area (Å²) in [6, 6.07) is 0. The van der Waals surface area contributed by atoms with Gasteiger partial charge in [-0.1, -0.05) is 6.92 Å². The molecule has 1 rings (SSSR count). The molecule has 0 saturated carbocycles. The molecule has 0 aliphatic carbocycles. The Bertz CT molecular complexity index is 309. The van der Waals surface area contributed by atoms with E-state index in [1.165, 1.54) is 0 Å². The highest BCUT2D eigenvalue weighted by atomic mass is 16.6. The number of hydrogen-bond acceptors (Lipinski definition) is 3. The lowest BCUT2D eigenvalue weighted by Gasteiger charge is -2.38. The van der Waals surface area contributed by atoms with Crippen LogP contribution in [0.1, 0.15) is 47.5 Å². The molecule has 98 valence electrons. The van der Waals surface area contributed by atoms with Crippen molar-refractivity contribution < 1.29 is 14.3 Å². The van der Waals surface area contributed by atoms with Crippen LogP contribution in [0.3, 0.4) is 0 Å². The number of nitrogens with zero attached hydrogens (tertiary/aromatic N) is 1. The first kappa shape index (κ1) is 14.0. The Balaban J connectivity index is 2.53. The molecule has 0 radical (unpaired) electrons. The van der Waals surface area contributed by atoms with Crippen LogP contribution in [0, 0.1) is 5.41 Å². The van der Waals surface area contributed by atoms with E-state index in [1.54, 1.807) is 11.8 Å². The van der Waals surface area contributed by atoms with Crippen molar-refractivity contribution in [3.63, 3.8) is 0 Å². The number of amides is 1. The Morgan fingerprint density at radius 3 is 2.00 bits per heavy atom. The lowest BCUT2D eigenvalue weighted by Crippen LogP contribution is -2.46. The van der Waals surface area contributed by atoms with Crippen molar-refractivity contribution in [2.45, 2.75) is 53.1 Å². The Hall–Kier alpha value is -1.06. The summed E-state index contributed by atoms with van der Waals surface area (Å²) in [7, 11) is 0. The fourth-order valence-electron chi connectivity index (χ4n) is 1.86. The maximum absolute atomic E-state index is 11.8. The maximum Gasteiger partial charge on any atom is 0.410 e. The van der Waals surface area contributed by atoms with Gasteiger partial charge in [-0.25, -0.2) is 4.79 Å². The smallest absolute Gasteiger partial charge is 0.410 e. The van der Waals surface area contributed by atoms with Crippen molar-refractivity contribution in [2.75, 3.05) is 13.1 Å². The van der Waals surface area contributed by atoms with Gasteiger partial charge in [0.15, 0.2) is 0 Å². The van der Waals surface area contributed by atoms with E-state index >= 15 is 0 Å². The van der Waals surface area contributed by atoms with E-state index in [2.05, 4.69) is 0 Å². The topological polar surface area (TPSA) is 46.6 Å². The third-order valence-corrected chi connectivity index (χ3v) is 3.37. The lowest BCUT2D eigenvalue weighted by atomic mass is 9.77. The van der Waals surface area contributed by atoms with Gasteiger partial charge >= 0.3 is 6.09 Å². The maximum atomic E-state index is 11.8. The van der Waals surface area contributed by atoms with Crippen molar-refractivity contribution in [1.29, 1.82) is 0 Å². The Kier molecular flexibility index (Phi) is 3.84. The average molecular weight is 241 g/mol. The molecule has 1 amide bonds. The summed E-state index contributed by atoms with van der Waals surface area (Å²) in [5.74, 6) is 0.210. The van der Waals surface area contributed by atoms with Crippen molar-refractivity contribution in [3.8, 4) is 0 Å². The van der Waals surface area contributed by atoms with Gasteiger partial charge < -0.3 is 9.64 Å². The van der Waals surface area contributed by atoms with Gasteiger partial charge in [-0.3, -0.25) is 4.79 Å². The minimum Gasteiger partial charge on any atom is -0.444 e. The fourth-order valence-corrected chi connectivity index (χ4v) is 1.86. The van der Waals surface area contributed by atoms with Crippen LogP contribution in [0.15, 0.2) is 0 Å². The third-order valence-electron chi connectivity index (χ3n) is 3.37. The van der Waals surface area contributed by atoms with Gasteiger partial charge in [0.1, 0.15) is 11.4 Å². The summed E-state index contributed by atoms with van der Waals surface area (Å²) < 4.78 is 5.31. The molecule has 0 atom stereocenters. The molecule has 1 aliphatic heterocycles. The van der Waals surface area contributed by atoms with E-state index in [4.69, 9.17) is 4.74 Å². The quantitative estimate of drug-likeness (QED) is 0.709. The van der Waals surface area contributed by atoms with Crippen LogP contribution in [-0.4, -0.2) is 35.5 Å². The van der Waals surface area contributed by atoms with E-state index < -0.39 is 5.60 Å². The predicted molar refractivity (Wildman–Crippen MR) is 65.8 cm³/mol. The zero-order valence-electron chi connectivity index (χ0n) is 11.5. The average Bonchev–Trinajstić information content (AvgIpc) is 2.15. The van der Waals surface area contributed by atoms with Crippen LogP contribution in [0.4, 0.5) is 4.79 Å². The van der Waals surface area contributed by atoms with Gasteiger partial charge in [-0.15, -0.1) is 0 Å². The second kappa shape index (κ2) is 4.67. The van der Waals surface area contributed by atoms with E-state index in [-0.39, 0.29) is 17.3 Å². The Labute approximate surface area is 103 Å². The van der Waals surface area contributed by atoms with E-state index in [1.807, 2.05) is 27.7 Å². The molecule has 4 nitrogen and oxygen atoms in total. The minimum atomic E-state index is -0.460. The SMILES string of the molecule is CC(=O)C1(C)CCN(C(=O)OC(C)(C)C)CC1. The zero-order valence-corrected chi connectivity index (χ0v) is 11.5. The van der Waals surface area contributed by atoms with Crippen LogP contribution < -0.4 is 0 Å². The van der Waals surface area contributed by atoms with E-state index in [0.717, 1.165) is 12.8 Å². The Morgan fingerprint density at radius 2 is 1.65 bits per heavy atom. The number of carbonyl (C=O) groups excluding carboxylic acids is 2. The number of Topliss-reactive ketones (excluding diaryl/α,β-unsaturated/α-hetero) is 1. The molecule has 0 aromatic heterocycles.